The third-order valence-electron chi connectivity index (χ3n) is 4.49. The van der Waals surface area contributed by atoms with Gasteiger partial charge in [0, 0.05) is 16.8 Å². The van der Waals surface area contributed by atoms with E-state index in [1.54, 1.807) is 36.7 Å². The van der Waals surface area contributed by atoms with Crippen molar-refractivity contribution in [3.63, 3.8) is 0 Å². The van der Waals surface area contributed by atoms with Crippen molar-refractivity contribution in [3.05, 3.63) is 78.6 Å². The number of aromatic nitrogens is 2. The number of fused-ring (bicyclic) bond motifs is 1. The maximum atomic E-state index is 11.7. The number of sulfonamides is 1. The topological polar surface area (TPSA) is 107 Å². The third kappa shape index (κ3) is 3.83. The Labute approximate surface area is 167 Å². The van der Waals surface area contributed by atoms with Gasteiger partial charge in [0.2, 0.25) is 15.9 Å². The summed E-state index contributed by atoms with van der Waals surface area (Å²) in [7, 11) is -3.40. The minimum absolute atomic E-state index is 0.400. The zero-order valence-electron chi connectivity index (χ0n) is 15.5. The van der Waals surface area contributed by atoms with Crippen molar-refractivity contribution in [3.8, 4) is 16.8 Å². The summed E-state index contributed by atoms with van der Waals surface area (Å²) in [6.45, 7) is 0. The molecule has 29 heavy (non-hydrogen) atoms. The summed E-state index contributed by atoms with van der Waals surface area (Å²) in [6, 6.07) is 20.0. The van der Waals surface area contributed by atoms with Gasteiger partial charge in [-0.3, -0.25) is 14.1 Å². The maximum Gasteiger partial charge on any atom is 0.248 e. The second-order valence-electron chi connectivity index (χ2n) is 6.65. The first-order chi connectivity index (χ1) is 13.8. The standard InChI is InChI=1S/C21H18N4O3S/c1-29(27,28)24-18-8-3-2-7-17(18)14-5-4-6-16(11-14)25-13-23-19-12-15(21(22)26)9-10-20(19)25/h2-13,24H,1H3,(H2,22,26). The number of para-hydroxylation sites is 1. The van der Waals surface area contributed by atoms with Crippen LogP contribution in [0.2, 0.25) is 0 Å². The number of carbonyl (C=O) groups is 1. The van der Waals surface area contributed by atoms with Crippen LogP contribution in [0.25, 0.3) is 27.8 Å². The lowest BCUT2D eigenvalue weighted by molar-refractivity contribution is 0.100. The third-order valence-corrected chi connectivity index (χ3v) is 5.08. The number of nitrogens with one attached hydrogen (secondary N) is 1. The van der Waals surface area contributed by atoms with Crippen molar-refractivity contribution in [1.82, 2.24) is 9.55 Å². The molecule has 1 heterocycles. The molecule has 1 amide bonds. The Hall–Kier alpha value is -3.65. The number of imidazole rings is 1. The zero-order chi connectivity index (χ0) is 20.6. The van der Waals surface area contributed by atoms with Gasteiger partial charge < -0.3 is 5.73 Å². The maximum absolute atomic E-state index is 11.7. The molecule has 0 unspecified atom stereocenters. The number of benzene rings is 3. The molecule has 0 saturated carbocycles. The van der Waals surface area contributed by atoms with Crippen LogP contribution in [0.5, 0.6) is 0 Å². The molecule has 0 aliphatic heterocycles. The molecule has 0 aliphatic rings. The molecule has 0 radical (unpaired) electrons. The normalized spacial score (nSPS) is 11.5. The van der Waals surface area contributed by atoms with Gasteiger partial charge in [-0.05, 0) is 42.0 Å². The van der Waals surface area contributed by atoms with Crippen LogP contribution < -0.4 is 10.5 Å². The predicted octanol–water partition coefficient (Wildman–Crippen LogP) is 3.16. The van der Waals surface area contributed by atoms with Crippen molar-refractivity contribution >= 4 is 32.7 Å². The molecule has 3 N–H and O–H groups in total. The van der Waals surface area contributed by atoms with E-state index in [0.717, 1.165) is 28.6 Å². The van der Waals surface area contributed by atoms with Crippen LogP contribution in [-0.4, -0.2) is 30.1 Å². The molecule has 4 rings (SSSR count). The molecule has 8 heteroatoms. The summed E-state index contributed by atoms with van der Waals surface area (Å²) >= 11 is 0. The number of nitrogens with zero attached hydrogens (tertiary/aromatic N) is 2. The van der Waals surface area contributed by atoms with E-state index in [2.05, 4.69) is 9.71 Å². The Balaban J connectivity index is 1.80. The summed E-state index contributed by atoms with van der Waals surface area (Å²) < 4.78 is 27.9. The molecular formula is C21H18N4O3S. The minimum Gasteiger partial charge on any atom is -0.366 e. The fourth-order valence-electron chi connectivity index (χ4n) is 3.22. The van der Waals surface area contributed by atoms with Gasteiger partial charge in [0.25, 0.3) is 0 Å². The number of hydrogen-bond acceptors (Lipinski definition) is 4. The van der Waals surface area contributed by atoms with E-state index in [0.29, 0.717) is 16.8 Å². The van der Waals surface area contributed by atoms with E-state index in [1.807, 2.05) is 41.0 Å². The summed E-state index contributed by atoms with van der Waals surface area (Å²) in [5.74, 6) is -0.501. The Morgan fingerprint density at radius 2 is 1.83 bits per heavy atom. The number of hydrogen-bond donors (Lipinski definition) is 2. The lowest BCUT2D eigenvalue weighted by Gasteiger charge is -2.12. The van der Waals surface area contributed by atoms with Gasteiger partial charge in [0.1, 0.15) is 6.33 Å². The van der Waals surface area contributed by atoms with E-state index in [9.17, 15) is 13.2 Å². The van der Waals surface area contributed by atoms with Crippen LogP contribution in [0.3, 0.4) is 0 Å². The second-order valence-corrected chi connectivity index (χ2v) is 8.40. The molecule has 0 spiro atoms. The summed E-state index contributed by atoms with van der Waals surface area (Å²) in [5.41, 5.74) is 10.2. The van der Waals surface area contributed by atoms with Crippen molar-refractivity contribution in [2.75, 3.05) is 11.0 Å². The first kappa shape index (κ1) is 18.7. The Morgan fingerprint density at radius 3 is 2.59 bits per heavy atom. The fraction of sp³-hybridized carbons (Fsp3) is 0.0476. The Morgan fingerprint density at radius 1 is 1.03 bits per heavy atom. The van der Waals surface area contributed by atoms with Crippen LogP contribution in [0.1, 0.15) is 10.4 Å². The zero-order valence-corrected chi connectivity index (χ0v) is 16.3. The Kier molecular flexibility index (Phi) is 4.56. The van der Waals surface area contributed by atoms with E-state index in [4.69, 9.17) is 5.73 Å². The number of carbonyl (C=O) groups excluding carboxylic acids is 1. The van der Waals surface area contributed by atoms with Crippen molar-refractivity contribution in [1.29, 1.82) is 0 Å². The highest BCUT2D eigenvalue weighted by atomic mass is 32.2. The highest BCUT2D eigenvalue weighted by Crippen LogP contribution is 2.30. The molecule has 0 atom stereocenters. The molecule has 0 saturated heterocycles. The minimum atomic E-state index is -3.40. The first-order valence-corrected chi connectivity index (χ1v) is 10.7. The van der Waals surface area contributed by atoms with Gasteiger partial charge in [0.15, 0.2) is 0 Å². The molecule has 146 valence electrons. The first-order valence-electron chi connectivity index (χ1n) is 8.76. The lowest BCUT2D eigenvalue weighted by atomic mass is 10.0. The summed E-state index contributed by atoms with van der Waals surface area (Å²) in [6.07, 6.45) is 2.80. The summed E-state index contributed by atoms with van der Waals surface area (Å²) in [5, 5.41) is 0. The number of nitrogens with two attached hydrogens (primary N) is 1. The van der Waals surface area contributed by atoms with Crippen LogP contribution >= 0.6 is 0 Å². The average Bonchev–Trinajstić information content (AvgIpc) is 3.10. The molecule has 0 aliphatic carbocycles. The lowest BCUT2D eigenvalue weighted by Crippen LogP contribution is -2.10. The molecule has 3 aromatic carbocycles. The van der Waals surface area contributed by atoms with Gasteiger partial charge in [-0.2, -0.15) is 0 Å². The number of anilines is 1. The molecule has 4 aromatic rings. The van der Waals surface area contributed by atoms with E-state index < -0.39 is 15.9 Å². The van der Waals surface area contributed by atoms with Gasteiger partial charge in [0.05, 0.1) is 23.0 Å². The molecule has 0 bridgehead atoms. The van der Waals surface area contributed by atoms with Crippen LogP contribution in [0.4, 0.5) is 5.69 Å². The van der Waals surface area contributed by atoms with Gasteiger partial charge in [-0.25, -0.2) is 13.4 Å². The van der Waals surface area contributed by atoms with Crippen LogP contribution in [-0.2, 0) is 10.0 Å². The summed E-state index contributed by atoms with van der Waals surface area (Å²) in [4.78, 5) is 15.8. The van der Waals surface area contributed by atoms with Gasteiger partial charge in [-0.15, -0.1) is 0 Å². The largest absolute Gasteiger partial charge is 0.366 e. The smallest absolute Gasteiger partial charge is 0.248 e. The van der Waals surface area contributed by atoms with Crippen LogP contribution in [0.15, 0.2) is 73.1 Å². The highest BCUT2D eigenvalue weighted by Gasteiger charge is 2.12. The van der Waals surface area contributed by atoms with E-state index in [-0.39, 0.29) is 0 Å². The molecule has 0 fully saturated rings. The average molecular weight is 406 g/mol. The van der Waals surface area contributed by atoms with Crippen molar-refractivity contribution < 1.29 is 13.2 Å². The SMILES string of the molecule is CS(=O)(=O)Nc1ccccc1-c1cccc(-n2cnc3cc(C(N)=O)ccc32)c1. The highest BCUT2D eigenvalue weighted by molar-refractivity contribution is 7.92. The van der Waals surface area contributed by atoms with Crippen LogP contribution in [0, 0.1) is 0 Å². The number of rotatable bonds is 5. The Bertz CT molecular complexity index is 1340. The predicted molar refractivity (Wildman–Crippen MR) is 113 cm³/mol. The van der Waals surface area contributed by atoms with Gasteiger partial charge in [-0.1, -0.05) is 30.3 Å². The molecule has 7 nitrogen and oxygen atoms in total. The van der Waals surface area contributed by atoms with Crippen molar-refractivity contribution in [2.45, 2.75) is 0 Å². The number of primary amides is 1. The monoisotopic (exact) mass is 406 g/mol. The quantitative estimate of drug-likeness (QED) is 0.531. The fourth-order valence-corrected chi connectivity index (χ4v) is 3.80. The van der Waals surface area contributed by atoms with E-state index in [1.165, 1.54) is 0 Å². The second kappa shape index (κ2) is 7.06. The van der Waals surface area contributed by atoms with Crippen molar-refractivity contribution in [2.24, 2.45) is 5.73 Å². The van der Waals surface area contributed by atoms with E-state index >= 15 is 0 Å². The van der Waals surface area contributed by atoms with Gasteiger partial charge >= 0.3 is 0 Å². The number of amides is 1. The molecular weight excluding hydrogens is 388 g/mol. The molecule has 1 aromatic heterocycles.